The number of amides is 1. The SMILES string of the molecule is CCCC(CCNC(=O)c1c(=O)c2cc(F)c(SCCc3cnccn3)cc2n2c1sc1ccccc12)NC. The van der Waals surface area contributed by atoms with Crippen LogP contribution in [-0.2, 0) is 6.42 Å². The van der Waals surface area contributed by atoms with E-state index in [9.17, 15) is 9.59 Å². The fourth-order valence-electron chi connectivity index (χ4n) is 4.80. The van der Waals surface area contributed by atoms with Crippen LogP contribution in [0.2, 0.25) is 0 Å². The topological polar surface area (TPSA) is 88.4 Å². The van der Waals surface area contributed by atoms with E-state index in [2.05, 4.69) is 27.5 Å². The molecule has 0 aliphatic heterocycles. The molecule has 3 aromatic heterocycles. The van der Waals surface area contributed by atoms with Gasteiger partial charge in [-0.25, -0.2) is 4.39 Å². The summed E-state index contributed by atoms with van der Waals surface area (Å²) < 4.78 is 18.2. The Morgan fingerprint density at radius 2 is 2.03 bits per heavy atom. The van der Waals surface area contributed by atoms with Crippen LogP contribution in [0.5, 0.6) is 0 Å². The van der Waals surface area contributed by atoms with Gasteiger partial charge in [-0.05, 0) is 44.2 Å². The smallest absolute Gasteiger partial charge is 0.258 e. The first-order valence-electron chi connectivity index (χ1n) is 13.0. The Morgan fingerprint density at radius 1 is 1.18 bits per heavy atom. The number of benzene rings is 2. The maximum atomic E-state index is 15.3. The average Bonchev–Trinajstić information content (AvgIpc) is 3.33. The van der Waals surface area contributed by atoms with Gasteiger partial charge in [0.2, 0.25) is 5.43 Å². The predicted octanol–water partition coefficient (Wildman–Crippen LogP) is 5.44. The number of para-hydroxylation sites is 1. The molecule has 0 fully saturated rings. The monoisotopic (exact) mass is 563 g/mol. The number of nitrogens with one attached hydrogen (secondary N) is 2. The van der Waals surface area contributed by atoms with Gasteiger partial charge in [0.1, 0.15) is 16.2 Å². The molecule has 7 nitrogen and oxygen atoms in total. The van der Waals surface area contributed by atoms with Crippen LogP contribution in [-0.4, -0.2) is 45.7 Å². The van der Waals surface area contributed by atoms with Gasteiger partial charge >= 0.3 is 0 Å². The number of nitrogens with zero attached hydrogens (tertiary/aromatic N) is 3. The number of hydrogen-bond acceptors (Lipinski definition) is 7. The number of fused-ring (bicyclic) bond motifs is 5. The molecule has 1 atom stereocenters. The van der Waals surface area contributed by atoms with Crippen LogP contribution in [0.25, 0.3) is 25.9 Å². The predicted molar refractivity (Wildman–Crippen MR) is 158 cm³/mol. The number of aromatic nitrogens is 3. The molecule has 2 N–H and O–H groups in total. The number of carbonyl (C=O) groups is 1. The van der Waals surface area contributed by atoms with Crippen LogP contribution < -0.4 is 16.1 Å². The third kappa shape index (κ3) is 5.68. The molecule has 0 bridgehead atoms. The van der Waals surface area contributed by atoms with Crippen molar-refractivity contribution in [1.29, 1.82) is 0 Å². The molecule has 2 aromatic carbocycles. The van der Waals surface area contributed by atoms with E-state index in [1.807, 2.05) is 35.7 Å². The van der Waals surface area contributed by atoms with Gasteiger partial charge in [0.15, 0.2) is 0 Å². The summed E-state index contributed by atoms with van der Waals surface area (Å²) in [6.07, 6.45) is 8.40. The van der Waals surface area contributed by atoms with Crippen molar-refractivity contribution in [2.75, 3.05) is 19.3 Å². The van der Waals surface area contributed by atoms with E-state index >= 15 is 4.39 Å². The molecule has 0 aliphatic rings. The minimum Gasteiger partial charge on any atom is -0.352 e. The van der Waals surface area contributed by atoms with Crippen molar-refractivity contribution in [2.45, 2.75) is 43.5 Å². The fraction of sp³-hybridized carbons (Fsp3) is 0.310. The van der Waals surface area contributed by atoms with E-state index in [1.54, 1.807) is 24.7 Å². The highest BCUT2D eigenvalue weighted by Crippen LogP contribution is 2.34. The van der Waals surface area contributed by atoms with Crippen LogP contribution in [0.3, 0.4) is 0 Å². The zero-order valence-electron chi connectivity index (χ0n) is 21.9. The molecule has 0 saturated heterocycles. The second-order valence-electron chi connectivity index (χ2n) is 9.33. The van der Waals surface area contributed by atoms with Gasteiger partial charge in [0.05, 0.1) is 21.4 Å². The molecule has 0 saturated carbocycles. The first-order valence-corrected chi connectivity index (χ1v) is 14.8. The van der Waals surface area contributed by atoms with Gasteiger partial charge in [-0.3, -0.25) is 24.0 Å². The molecule has 0 radical (unpaired) electrons. The molecule has 5 rings (SSSR count). The molecule has 39 heavy (non-hydrogen) atoms. The van der Waals surface area contributed by atoms with Gasteiger partial charge in [-0.1, -0.05) is 25.5 Å². The van der Waals surface area contributed by atoms with E-state index < -0.39 is 17.2 Å². The number of thiazole rings is 1. The lowest BCUT2D eigenvalue weighted by Gasteiger charge is -2.15. The number of thioether (sulfide) groups is 1. The van der Waals surface area contributed by atoms with E-state index in [1.165, 1.54) is 29.2 Å². The van der Waals surface area contributed by atoms with Crippen molar-refractivity contribution in [3.8, 4) is 0 Å². The summed E-state index contributed by atoms with van der Waals surface area (Å²) in [5, 5.41) is 6.40. The molecule has 1 amide bonds. The first kappa shape index (κ1) is 27.2. The average molecular weight is 564 g/mol. The summed E-state index contributed by atoms with van der Waals surface area (Å²) in [7, 11) is 1.91. The Morgan fingerprint density at radius 3 is 2.79 bits per heavy atom. The highest BCUT2D eigenvalue weighted by molar-refractivity contribution is 7.99. The van der Waals surface area contributed by atoms with E-state index in [-0.39, 0.29) is 17.0 Å². The van der Waals surface area contributed by atoms with E-state index in [0.717, 1.165) is 35.2 Å². The summed E-state index contributed by atoms with van der Waals surface area (Å²) in [6, 6.07) is 11.1. The lowest BCUT2D eigenvalue weighted by Crippen LogP contribution is -2.34. The van der Waals surface area contributed by atoms with Crippen molar-refractivity contribution in [1.82, 2.24) is 25.0 Å². The Kier molecular flexibility index (Phi) is 8.54. The Balaban J connectivity index is 1.54. The largest absolute Gasteiger partial charge is 0.352 e. The number of aryl methyl sites for hydroxylation is 1. The van der Waals surface area contributed by atoms with Gasteiger partial charge in [-0.2, -0.15) is 0 Å². The van der Waals surface area contributed by atoms with Crippen molar-refractivity contribution in [3.63, 3.8) is 0 Å². The second-order valence-corrected chi connectivity index (χ2v) is 11.5. The molecular weight excluding hydrogens is 533 g/mol. The summed E-state index contributed by atoms with van der Waals surface area (Å²) in [5.41, 5.74) is 1.90. The molecule has 10 heteroatoms. The first-order chi connectivity index (χ1) is 19.0. The zero-order valence-corrected chi connectivity index (χ0v) is 23.5. The summed E-state index contributed by atoms with van der Waals surface area (Å²) in [5.74, 6) is -0.304. The highest BCUT2D eigenvalue weighted by Gasteiger charge is 2.23. The van der Waals surface area contributed by atoms with Crippen molar-refractivity contribution in [2.24, 2.45) is 0 Å². The number of hydrogen-bond donors (Lipinski definition) is 2. The highest BCUT2D eigenvalue weighted by atomic mass is 32.2. The minimum atomic E-state index is -0.481. The number of carbonyl (C=O) groups excluding carboxylic acids is 1. The summed E-state index contributed by atoms with van der Waals surface area (Å²) >= 11 is 2.77. The standard InChI is InChI=1S/C29H30FN5O2S2/c1-3-6-18(31-2)9-11-34-28(37)26-27(36)20-15-21(30)25(38-14-10-19-17-32-12-13-33-19)16-23(20)35-22-7-4-5-8-24(22)39-29(26)35/h4-5,7-8,12-13,15-18,31H,3,6,9-11,14H2,1-2H3,(H,34,37). The fourth-order valence-corrected chi connectivity index (χ4v) is 6.91. The van der Waals surface area contributed by atoms with Crippen LogP contribution in [0, 0.1) is 5.82 Å². The van der Waals surface area contributed by atoms with Crippen LogP contribution >= 0.6 is 23.1 Å². The third-order valence-electron chi connectivity index (χ3n) is 6.78. The van der Waals surface area contributed by atoms with E-state index in [0.29, 0.717) is 34.0 Å². The van der Waals surface area contributed by atoms with Crippen LogP contribution in [0.15, 0.2) is 64.7 Å². The lowest BCUT2D eigenvalue weighted by atomic mass is 10.1. The van der Waals surface area contributed by atoms with Crippen molar-refractivity contribution in [3.05, 3.63) is 82.3 Å². The van der Waals surface area contributed by atoms with Gasteiger partial charge in [0, 0.05) is 53.6 Å². The normalized spacial score (nSPS) is 12.4. The second kappa shape index (κ2) is 12.2. The molecular formula is C29H30FN5O2S2. The van der Waals surface area contributed by atoms with Gasteiger partial charge < -0.3 is 10.6 Å². The Hall–Kier alpha value is -3.34. The molecule has 5 aromatic rings. The molecule has 1 unspecified atom stereocenters. The number of rotatable bonds is 11. The molecule has 3 heterocycles. The van der Waals surface area contributed by atoms with E-state index in [4.69, 9.17) is 0 Å². The minimum absolute atomic E-state index is 0.0580. The molecule has 0 spiro atoms. The van der Waals surface area contributed by atoms with Crippen molar-refractivity contribution < 1.29 is 9.18 Å². The lowest BCUT2D eigenvalue weighted by molar-refractivity contribution is 0.0952. The zero-order chi connectivity index (χ0) is 27.4. The van der Waals surface area contributed by atoms with Gasteiger partial charge in [-0.15, -0.1) is 23.1 Å². The summed E-state index contributed by atoms with van der Waals surface area (Å²) in [4.78, 5) is 36.5. The number of halogens is 1. The van der Waals surface area contributed by atoms with Gasteiger partial charge in [0.25, 0.3) is 5.91 Å². The quantitative estimate of drug-likeness (QED) is 0.208. The van der Waals surface area contributed by atoms with Crippen LogP contribution in [0.1, 0.15) is 42.2 Å². The molecule has 0 aliphatic carbocycles. The van der Waals surface area contributed by atoms with Crippen LogP contribution in [0.4, 0.5) is 4.39 Å². The Bertz CT molecular complexity index is 1690. The summed E-state index contributed by atoms with van der Waals surface area (Å²) in [6.45, 7) is 2.56. The maximum absolute atomic E-state index is 15.3. The number of pyridine rings is 1. The third-order valence-corrected chi connectivity index (χ3v) is 8.95. The maximum Gasteiger partial charge on any atom is 0.258 e. The Labute approximate surface area is 233 Å². The molecule has 202 valence electrons. The van der Waals surface area contributed by atoms with Crippen molar-refractivity contribution >= 4 is 55.0 Å².